The van der Waals surface area contributed by atoms with Crippen molar-refractivity contribution in [3.63, 3.8) is 0 Å². The summed E-state index contributed by atoms with van der Waals surface area (Å²) in [5, 5.41) is 6.15. The smallest absolute Gasteiger partial charge is 0.320 e. The van der Waals surface area contributed by atoms with Crippen LogP contribution < -0.4 is 5.32 Å². The van der Waals surface area contributed by atoms with E-state index in [-0.39, 0.29) is 18.8 Å². The Morgan fingerprint density at radius 2 is 2.18 bits per heavy atom. The molecular weight excluding hydrogens is 161 g/mol. The number of thiophene rings is 1. The van der Waals surface area contributed by atoms with E-state index in [1.165, 1.54) is 11.3 Å². The molecule has 1 N–H and O–H groups in total. The standard InChI is InChI=1S/C6H4BNO2S/c9-5-3-1-11-2-4(3)8-6(10)7-5/h1-2,7H,(H,8,10). The van der Waals surface area contributed by atoms with E-state index in [4.69, 9.17) is 0 Å². The molecule has 1 aliphatic heterocycles. The Balaban J connectivity index is 2.52. The van der Waals surface area contributed by atoms with Gasteiger partial charge in [0.15, 0.2) is 5.81 Å². The summed E-state index contributed by atoms with van der Waals surface area (Å²) in [6, 6.07) is 0. The number of carbonyl (C=O) groups excluding carboxylic acids is 2. The third-order valence-electron chi connectivity index (χ3n) is 1.56. The molecule has 2 heterocycles. The second-order valence-electron chi connectivity index (χ2n) is 2.35. The van der Waals surface area contributed by atoms with E-state index in [0.717, 1.165) is 0 Å². The van der Waals surface area contributed by atoms with Gasteiger partial charge in [-0.25, -0.2) is 0 Å². The van der Waals surface area contributed by atoms with Gasteiger partial charge in [0, 0.05) is 16.3 Å². The van der Waals surface area contributed by atoms with Crippen LogP contribution in [0.1, 0.15) is 10.4 Å². The second kappa shape index (κ2) is 2.20. The Morgan fingerprint density at radius 3 is 3.00 bits per heavy atom. The van der Waals surface area contributed by atoms with E-state index in [1.807, 2.05) is 0 Å². The highest BCUT2D eigenvalue weighted by Crippen LogP contribution is 2.23. The van der Waals surface area contributed by atoms with Gasteiger partial charge in [-0.05, 0) is 0 Å². The summed E-state index contributed by atoms with van der Waals surface area (Å²) >= 11 is 1.43. The zero-order valence-electron chi connectivity index (χ0n) is 5.59. The zero-order valence-corrected chi connectivity index (χ0v) is 6.40. The van der Waals surface area contributed by atoms with E-state index in [9.17, 15) is 9.59 Å². The first-order chi connectivity index (χ1) is 5.27. The third kappa shape index (κ3) is 0.972. The molecule has 2 rings (SSSR count). The lowest BCUT2D eigenvalue weighted by Gasteiger charge is -2.09. The van der Waals surface area contributed by atoms with Crippen LogP contribution in [-0.2, 0) is 0 Å². The summed E-state index contributed by atoms with van der Waals surface area (Å²) in [7, 11) is -0.0102. The predicted molar refractivity (Wildman–Crippen MR) is 44.8 cm³/mol. The lowest BCUT2D eigenvalue weighted by atomic mass is 9.67. The fourth-order valence-electron chi connectivity index (χ4n) is 1.05. The molecule has 1 aromatic rings. The Kier molecular flexibility index (Phi) is 1.32. The maximum absolute atomic E-state index is 11.1. The molecule has 0 saturated heterocycles. The van der Waals surface area contributed by atoms with Crippen molar-refractivity contribution in [1.82, 2.24) is 0 Å². The molecule has 1 aromatic heterocycles. The molecule has 0 unspecified atom stereocenters. The van der Waals surface area contributed by atoms with Crippen LogP contribution >= 0.6 is 11.3 Å². The summed E-state index contributed by atoms with van der Waals surface area (Å²) < 4.78 is 0. The number of nitrogens with one attached hydrogen (secondary N) is 1. The highest BCUT2D eigenvalue weighted by Gasteiger charge is 2.24. The van der Waals surface area contributed by atoms with Crippen molar-refractivity contribution < 1.29 is 9.59 Å². The Bertz CT molecular complexity index is 333. The van der Waals surface area contributed by atoms with Gasteiger partial charge in [-0.2, -0.15) is 0 Å². The minimum atomic E-state index is -0.207. The second-order valence-corrected chi connectivity index (χ2v) is 3.09. The van der Waals surface area contributed by atoms with Gasteiger partial charge in [0.2, 0.25) is 0 Å². The first kappa shape index (κ1) is 6.60. The minimum Gasteiger partial charge on any atom is -0.333 e. The fraction of sp³-hybridized carbons (Fsp3) is 0. The number of fused-ring (bicyclic) bond motifs is 1. The number of carbonyl (C=O) groups is 2. The van der Waals surface area contributed by atoms with Crippen molar-refractivity contribution in [1.29, 1.82) is 0 Å². The average molecular weight is 165 g/mol. The molecule has 3 nitrogen and oxygen atoms in total. The van der Waals surface area contributed by atoms with Crippen LogP contribution in [0.15, 0.2) is 10.8 Å². The third-order valence-corrected chi connectivity index (χ3v) is 2.30. The van der Waals surface area contributed by atoms with Gasteiger partial charge >= 0.3 is 7.28 Å². The molecule has 0 fully saturated rings. The topological polar surface area (TPSA) is 46.2 Å². The largest absolute Gasteiger partial charge is 0.333 e. The van der Waals surface area contributed by atoms with Gasteiger partial charge in [0.05, 0.1) is 5.69 Å². The van der Waals surface area contributed by atoms with Crippen molar-refractivity contribution >= 4 is 35.8 Å². The molecule has 1 aliphatic rings. The Morgan fingerprint density at radius 1 is 1.36 bits per heavy atom. The van der Waals surface area contributed by atoms with Gasteiger partial charge in [-0.15, -0.1) is 11.3 Å². The molecule has 54 valence electrons. The van der Waals surface area contributed by atoms with Gasteiger partial charge < -0.3 is 10.1 Å². The van der Waals surface area contributed by atoms with Crippen molar-refractivity contribution in [3.8, 4) is 0 Å². The molecule has 0 aliphatic carbocycles. The van der Waals surface area contributed by atoms with Gasteiger partial charge in [-0.1, -0.05) is 0 Å². The summed E-state index contributed by atoms with van der Waals surface area (Å²) in [5.74, 6) is -0.207. The Labute approximate surface area is 67.7 Å². The summed E-state index contributed by atoms with van der Waals surface area (Å²) in [6.07, 6.45) is 0. The molecule has 0 bridgehead atoms. The monoisotopic (exact) mass is 165 g/mol. The lowest BCUT2D eigenvalue weighted by Crippen LogP contribution is -2.30. The van der Waals surface area contributed by atoms with Crippen molar-refractivity contribution in [2.24, 2.45) is 0 Å². The average Bonchev–Trinajstić information content (AvgIpc) is 2.34. The van der Waals surface area contributed by atoms with Gasteiger partial charge in [0.1, 0.15) is 5.68 Å². The maximum atomic E-state index is 11.1. The number of amides is 1. The minimum absolute atomic E-state index is 0.0102. The van der Waals surface area contributed by atoms with E-state index >= 15 is 0 Å². The lowest BCUT2D eigenvalue weighted by molar-refractivity contribution is 0.107. The molecule has 0 saturated carbocycles. The van der Waals surface area contributed by atoms with Gasteiger partial charge in [-0.3, -0.25) is 4.79 Å². The molecule has 0 aromatic carbocycles. The molecule has 11 heavy (non-hydrogen) atoms. The first-order valence-corrected chi connectivity index (χ1v) is 4.11. The number of hydrogen-bond acceptors (Lipinski definition) is 3. The summed E-state index contributed by atoms with van der Waals surface area (Å²) in [6.45, 7) is 0. The fourth-order valence-corrected chi connectivity index (χ4v) is 1.83. The van der Waals surface area contributed by atoms with Crippen LogP contribution in [0.25, 0.3) is 0 Å². The van der Waals surface area contributed by atoms with E-state index in [2.05, 4.69) is 5.32 Å². The SMILES string of the molecule is O=C1BC(=O)c2cscc2N1. The zero-order chi connectivity index (χ0) is 7.84. The van der Waals surface area contributed by atoms with Crippen LogP contribution in [0, 0.1) is 0 Å². The molecule has 5 heteroatoms. The summed E-state index contributed by atoms with van der Waals surface area (Å²) in [5.41, 5.74) is 1.23. The van der Waals surface area contributed by atoms with Crippen LogP contribution in [0.2, 0.25) is 0 Å². The number of hydrogen-bond donors (Lipinski definition) is 1. The number of rotatable bonds is 0. The summed E-state index contributed by atoms with van der Waals surface area (Å²) in [4.78, 5) is 21.9. The van der Waals surface area contributed by atoms with Gasteiger partial charge in [0.25, 0.3) is 0 Å². The van der Waals surface area contributed by atoms with Crippen molar-refractivity contribution in [2.45, 2.75) is 0 Å². The first-order valence-electron chi connectivity index (χ1n) is 3.16. The van der Waals surface area contributed by atoms with Crippen LogP contribution in [0.4, 0.5) is 10.5 Å². The Hall–Kier alpha value is -1.10. The van der Waals surface area contributed by atoms with Crippen LogP contribution in [0.5, 0.6) is 0 Å². The quantitative estimate of drug-likeness (QED) is 0.579. The highest BCUT2D eigenvalue weighted by molar-refractivity contribution is 7.10. The molecule has 0 atom stereocenters. The number of anilines is 1. The van der Waals surface area contributed by atoms with Crippen molar-refractivity contribution in [3.05, 3.63) is 16.3 Å². The van der Waals surface area contributed by atoms with E-state index in [1.54, 1.807) is 10.8 Å². The molecular formula is C6H4BNO2S. The maximum Gasteiger partial charge on any atom is 0.320 e. The van der Waals surface area contributed by atoms with Crippen LogP contribution in [0.3, 0.4) is 0 Å². The predicted octanol–water partition coefficient (Wildman–Crippen LogP) is 0.870. The van der Waals surface area contributed by atoms with Crippen LogP contribution in [-0.4, -0.2) is 18.8 Å². The molecule has 1 amide bonds. The normalized spacial score (nSPS) is 15.3. The molecule has 0 radical (unpaired) electrons. The molecule has 0 spiro atoms. The van der Waals surface area contributed by atoms with E-state index < -0.39 is 0 Å². The van der Waals surface area contributed by atoms with Crippen molar-refractivity contribution in [2.75, 3.05) is 5.32 Å². The highest BCUT2D eigenvalue weighted by atomic mass is 32.1. The van der Waals surface area contributed by atoms with E-state index in [0.29, 0.717) is 11.3 Å².